The van der Waals surface area contributed by atoms with Gasteiger partial charge < -0.3 is 16.4 Å². The van der Waals surface area contributed by atoms with Crippen LogP contribution < -0.4 is 16.4 Å². The van der Waals surface area contributed by atoms with Crippen molar-refractivity contribution in [3.05, 3.63) is 28.8 Å². The Labute approximate surface area is 141 Å². The third-order valence-corrected chi connectivity index (χ3v) is 4.22. The van der Waals surface area contributed by atoms with Crippen LogP contribution in [0.3, 0.4) is 0 Å². The highest BCUT2D eigenvalue weighted by Gasteiger charge is 2.35. The Bertz CT molecular complexity index is 558. The maximum Gasteiger partial charge on any atom is 0.252 e. The van der Waals surface area contributed by atoms with E-state index in [4.69, 9.17) is 17.3 Å². The molecule has 1 aliphatic rings. The molecule has 22 heavy (non-hydrogen) atoms. The fraction of sp³-hybridized carbons (Fsp3) is 0.467. The second-order valence-corrected chi connectivity index (χ2v) is 5.85. The second kappa shape index (κ2) is 7.81. The van der Waals surface area contributed by atoms with Crippen LogP contribution in [-0.4, -0.2) is 24.4 Å². The normalized spacial score (nSPS) is 16.3. The predicted octanol–water partition coefficient (Wildman–Crippen LogP) is 2.72. The molecule has 2 amide bonds. The molecule has 0 heterocycles. The topological polar surface area (TPSA) is 84.2 Å². The van der Waals surface area contributed by atoms with Crippen molar-refractivity contribution in [2.75, 3.05) is 12.4 Å². The fourth-order valence-electron chi connectivity index (χ4n) is 2.58. The molecule has 0 aromatic heterocycles. The van der Waals surface area contributed by atoms with E-state index < -0.39 is 5.54 Å². The van der Waals surface area contributed by atoms with Gasteiger partial charge in [0, 0.05) is 12.7 Å². The summed E-state index contributed by atoms with van der Waals surface area (Å²) in [7, 11) is 1.53. The number of nitrogens with one attached hydrogen (secondary N) is 2. The van der Waals surface area contributed by atoms with E-state index in [0.29, 0.717) is 29.1 Å². The van der Waals surface area contributed by atoms with Gasteiger partial charge in [0.05, 0.1) is 16.1 Å². The molecule has 1 saturated carbocycles. The van der Waals surface area contributed by atoms with Gasteiger partial charge in [-0.1, -0.05) is 30.9 Å². The van der Waals surface area contributed by atoms with E-state index in [2.05, 4.69) is 10.6 Å². The first-order valence-electron chi connectivity index (χ1n) is 7.08. The number of benzene rings is 1. The largest absolute Gasteiger partial charge is 0.355 e. The van der Waals surface area contributed by atoms with Crippen molar-refractivity contribution in [2.24, 2.45) is 5.73 Å². The molecule has 0 radical (unpaired) electrons. The van der Waals surface area contributed by atoms with Gasteiger partial charge >= 0.3 is 0 Å². The molecule has 1 aromatic carbocycles. The maximum absolute atomic E-state index is 12.4. The number of anilines is 1. The summed E-state index contributed by atoms with van der Waals surface area (Å²) in [4.78, 5) is 24.1. The average Bonchev–Trinajstić information content (AvgIpc) is 2.49. The minimum absolute atomic E-state index is 0. The Morgan fingerprint density at radius 1 is 1.23 bits per heavy atom. The van der Waals surface area contributed by atoms with Crippen LogP contribution >= 0.6 is 24.0 Å². The summed E-state index contributed by atoms with van der Waals surface area (Å²) in [6, 6.07) is 4.82. The standard InChI is InChI=1S/C15H20ClN3O2.ClH/c1-18-13(20)11-9-10(5-6-12(11)16)19-14(21)15(17)7-3-2-4-8-15;/h5-6,9H,2-4,7-8,17H2,1H3,(H,18,20)(H,19,21);1H. The van der Waals surface area contributed by atoms with Gasteiger partial charge in [0.2, 0.25) is 5.91 Å². The second-order valence-electron chi connectivity index (χ2n) is 5.44. The Morgan fingerprint density at radius 2 is 1.86 bits per heavy atom. The highest BCUT2D eigenvalue weighted by atomic mass is 35.5. The number of carbonyl (C=O) groups excluding carboxylic acids is 2. The number of rotatable bonds is 3. The highest BCUT2D eigenvalue weighted by Crippen LogP contribution is 2.28. The molecule has 0 unspecified atom stereocenters. The average molecular weight is 346 g/mol. The van der Waals surface area contributed by atoms with Crippen LogP contribution in [0.15, 0.2) is 18.2 Å². The summed E-state index contributed by atoms with van der Waals surface area (Å²) in [5.41, 5.74) is 6.22. The third-order valence-electron chi connectivity index (χ3n) is 3.89. The summed E-state index contributed by atoms with van der Waals surface area (Å²) in [6.07, 6.45) is 4.43. The first-order chi connectivity index (χ1) is 9.96. The molecule has 1 fully saturated rings. The van der Waals surface area contributed by atoms with Crippen LogP contribution in [0.25, 0.3) is 0 Å². The summed E-state index contributed by atoms with van der Waals surface area (Å²) in [5.74, 6) is -0.497. The van der Waals surface area contributed by atoms with Gasteiger partial charge in [0.15, 0.2) is 0 Å². The number of hydrogen-bond donors (Lipinski definition) is 3. The Kier molecular flexibility index (Phi) is 6.66. The Hall–Kier alpha value is -1.30. The number of hydrogen-bond acceptors (Lipinski definition) is 3. The van der Waals surface area contributed by atoms with Gasteiger partial charge in [-0.2, -0.15) is 0 Å². The molecule has 0 saturated heterocycles. The minimum atomic E-state index is -0.814. The molecule has 7 heteroatoms. The maximum atomic E-state index is 12.4. The summed E-state index contributed by atoms with van der Waals surface area (Å²) >= 11 is 5.98. The highest BCUT2D eigenvalue weighted by molar-refractivity contribution is 6.34. The van der Waals surface area contributed by atoms with Crippen LogP contribution in [0.4, 0.5) is 5.69 Å². The first-order valence-corrected chi connectivity index (χ1v) is 7.46. The molecular formula is C15H21Cl2N3O2. The zero-order chi connectivity index (χ0) is 15.5. The zero-order valence-electron chi connectivity index (χ0n) is 12.4. The van der Waals surface area contributed by atoms with Crippen LogP contribution in [0.2, 0.25) is 5.02 Å². The van der Waals surface area contributed by atoms with E-state index >= 15 is 0 Å². The molecule has 5 nitrogen and oxygen atoms in total. The molecule has 0 bridgehead atoms. The molecule has 0 spiro atoms. The summed E-state index contributed by atoms with van der Waals surface area (Å²) in [5, 5.41) is 5.65. The molecule has 1 aromatic rings. The van der Waals surface area contributed by atoms with E-state index in [1.165, 1.54) is 7.05 Å². The molecule has 0 aliphatic heterocycles. The smallest absolute Gasteiger partial charge is 0.252 e. The van der Waals surface area contributed by atoms with Crippen molar-refractivity contribution in [3.8, 4) is 0 Å². The van der Waals surface area contributed by atoms with Crippen LogP contribution in [0, 0.1) is 0 Å². The summed E-state index contributed by atoms with van der Waals surface area (Å²) in [6.45, 7) is 0. The van der Waals surface area contributed by atoms with Crippen molar-refractivity contribution < 1.29 is 9.59 Å². The lowest BCUT2D eigenvalue weighted by Gasteiger charge is -2.31. The molecule has 1 aliphatic carbocycles. The molecule has 122 valence electrons. The summed E-state index contributed by atoms with van der Waals surface area (Å²) < 4.78 is 0. The lowest BCUT2D eigenvalue weighted by molar-refractivity contribution is -0.122. The predicted molar refractivity (Wildman–Crippen MR) is 90.7 cm³/mol. The SMILES string of the molecule is CNC(=O)c1cc(NC(=O)C2(N)CCCCC2)ccc1Cl.Cl. The van der Waals surface area contributed by atoms with Gasteiger partial charge in [-0.15, -0.1) is 12.4 Å². The lowest BCUT2D eigenvalue weighted by atomic mass is 9.82. The molecular weight excluding hydrogens is 325 g/mol. The van der Waals surface area contributed by atoms with Crippen LogP contribution in [0.5, 0.6) is 0 Å². The lowest BCUT2D eigenvalue weighted by Crippen LogP contribution is -2.52. The number of halogens is 2. The number of amides is 2. The van der Waals surface area contributed by atoms with Gasteiger partial charge in [-0.25, -0.2) is 0 Å². The van der Waals surface area contributed by atoms with Crippen molar-refractivity contribution in [2.45, 2.75) is 37.6 Å². The fourth-order valence-corrected chi connectivity index (χ4v) is 2.78. The van der Waals surface area contributed by atoms with Gasteiger partial charge in [0.1, 0.15) is 0 Å². The van der Waals surface area contributed by atoms with Gasteiger partial charge in [0.25, 0.3) is 5.91 Å². The van der Waals surface area contributed by atoms with Crippen molar-refractivity contribution in [1.29, 1.82) is 0 Å². The third kappa shape index (κ3) is 4.12. The monoisotopic (exact) mass is 345 g/mol. The van der Waals surface area contributed by atoms with Gasteiger partial charge in [-0.05, 0) is 31.0 Å². The van der Waals surface area contributed by atoms with E-state index in [-0.39, 0.29) is 24.2 Å². The van der Waals surface area contributed by atoms with Crippen molar-refractivity contribution in [3.63, 3.8) is 0 Å². The van der Waals surface area contributed by atoms with Crippen LogP contribution in [0.1, 0.15) is 42.5 Å². The molecule has 4 N–H and O–H groups in total. The van der Waals surface area contributed by atoms with Crippen molar-refractivity contribution >= 4 is 41.5 Å². The van der Waals surface area contributed by atoms with Gasteiger partial charge in [-0.3, -0.25) is 9.59 Å². The number of nitrogens with two attached hydrogens (primary N) is 1. The van der Waals surface area contributed by atoms with E-state index in [9.17, 15) is 9.59 Å². The zero-order valence-corrected chi connectivity index (χ0v) is 14.0. The number of carbonyl (C=O) groups is 2. The van der Waals surface area contributed by atoms with E-state index in [1.54, 1.807) is 18.2 Å². The minimum Gasteiger partial charge on any atom is -0.355 e. The first kappa shape index (κ1) is 18.7. The van der Waals surface area contributed by atoms with E-state index in [0.717, 1.165) is 19.3 Å². The van der Waals surface area contributed by atoms with Crippen molar-refractivity contribution in [1.82, 2.24) is 5.32 Å². The molecule has 2 rings (SSSR count). The Balaban J connectivity index is 0.00000242. The Morgan fingerprint density at radius 3 is 2.45 bits per heavy atom. The quantitative estimate of drug-likeness (QED) is 0.787. The van der Waals surface area contributed by atoms with E-state index in [1.807, 2.05) is 0 Å². The van der Waals surface area contributed by atoms with Crippen LogP contribution in [-0.2, 0) is 4.79 Å². The molecule has 0 atom stereocenters.